The molecule has 0 spiro atoms. The largest absolute Gasteiger partial charge is 0.379 e. The molecule has 1 aliphatic rings. The van der Waals surface area contributed by atoms with Crippen molar-refractivity contribution in [2.45, 2.75) is 19.1 Å². The molecule has 2 aromatic heterocycles. The summed E-state index contributed by atoms with van der Waals surface area (Å²) in [6.45, 7) is 3.28. The van der Waals surface area contributed by atoms with Crippen LogP contribution in [0, 0.1) is 0 Å². The second-order valence-electron chi connectivity index (χ2n) is 7.10. The Morgan fingerprint density at radius 3 is 2.73 bits per heavy atom. The van der Waals surface area contributed by atoms with E-state index in [0.717, 1.165) is 24.3 Å². The highest BCUT2D eigenvalue weighted by Gasteiger charge is 2.29. The Hall–Kier alpha value is -3.24. The first-order chi connectivity index (χ1) is 14.7. The molecule has 1 aromatic carbocycles. The van der Waals surface area contributed by atoms with Crippen molar-refractivity contribution in [3.8, 4) is 0 Å². The lowest BCUT2D eigenvalue weighted by molar-refractivity contribution is -0.131. The maximum atomic E-state index is 12.8. The van der Waals surface area contributed by atoms with Gasteiger partial charge < -0.3 is 9.64 Å². The van der Waals surface area contributed by atoms with Crippen LogP contribution in [0.5, 0.6) is 0 Å². The van der Waals surface area contributed by atoms with E-state index in [2.05, 4.69) is 42.5 Å². The van der Waals surface area contributed by atoms with Crippen molar-refractivity contribution in [3.05, 3.63) is 66.0 Å². The van der Waals surface area contributed by atoms with Crippen molar-refractivity contribution >= 4 is 5.91 Å². The molecule has 3 aromatic rings. The van der Waals surface area contributed by atoms with E-state index in [1.54, 1.807) is 35.2 Å². The van der Waals surface area contributed by atoms with Crippen LogP contribution in [-0.2, 0) is 22.6 Å². The molecule has 4 rings (SSSR count). The van der Waals surface area contributed by atoms with E-state index < -0.39 is 0 Å². The van der Waals surface area contributed by atoms with Gasteiger partial charge in [0.1, 0.15) is 6.54 Å². The maximum Gasteiger partial charge on any atom is 0.244 e. The predicted molar refractivity (Wildman–Crippen MR) is 107 cm³/mol. The summed E-state index contributed by atoms with van der Waals surface area (Å²) in [4.78, 5) is 25.0. The summed E-state index contributed by atoms with van der Waals surface area (Å²) in [5.41, 5.74) is 1.80. The standard InChI is InChI=1S/C20H24N8O2/c1-26(14-17-13-21-7-8-22-17)18(29)15-28-20(23-24-25-28)19(16-5-3-2-4-6-16)27-9-11-30-12-10-27/h2-8,13,19H,9-12,14-15H2,1H3/t19-/m0/s1. The predicted octanol–water partition coefficient (Wildman–Crippen LogP) is 0.543. The van der Waals surface area contributed by atoms with E-state index in [4.69, 9.17) is 4.74 Å². The minimum absolute atomic E-state index is 0.0484. The number of hydrogen-bond donors (Lipinski definition) is 0. The van der Waals surface area contributed by atoms with Crippen molar-refractivity contribution in [2.24, 2.45) is 0 Å². The quantitative estimate of drug-likeness (QED) is 0.558. The van der Waals surface area contributed by atoms with Gasteiger partial charge in [-0.25, -0.2) is 4.68 Å². The molecule has 1 amide bonds. The summed E-state index contributed by atoms with van der Waals surface area (Å²) in [5.74, 6) is 0.535. The van der Waals surface area contributed by atoms with Crippen LogP contribution in [0.1, 0.15) is 23.1 Å². The third-order valence-corrected chi connectivity index (χ3v) is 5.06. The number of carbonyl (C=O) groups is 1. The highest BCUT2D eigenvalue weighted by Crippen LogP contribution is 2.27. The molecule has 3 heterocycles. The van der Waals surface area contributed by atoms with Gasteiger partial charge in [-0.2, -0.15) is 0 Å². The smallest absolute Gasteiger partial charge is 0.244 e. The number of aromatic nitrogens is 6. The van der Waals surface area contributed by atoms with Crippen LogP contribution in [0.15, 0.2) is 48.9 Å². The van der Waals surface area contributed by atoms with Gasteiger partial charge in [0.2, 0.25) is 5.91 Å². The molecule has 0 saturated carbocycles. The molecule has 1 atom stereocenters. The highest BCUT2D eigenvalue weighted by atomic mass is 16.5. The van der Waals surface area contributed by atoms with Gasteiger partial charge in [0.05, 0.1) is 37.7 Å². The molecule has 10 heteroatoms. The lowest BCUT2D eigenvalue weighted by Gasteiger charge is -2.34. The van der Waals surface area contributed by atoms with E-state index >= 15 is 0 Å². The second kappa shape index (κ2) is 9.51. The fourth-order valence-corrected chi connectivity index (χ4v) is 3.51. The van der Waals surface area contributed by atoms with Crippen molar-refractivity contribution in [3.63, 3.8) is 0 Å². The fraction of sp³-hybridized carbons (Fsp3) is 0.400. The van der Waals surface area contributed by atoms with Crippen molar-refractivity contribution in [1.82, 2.24) is 40.0 Å². The van der Waals surface area contributed by atoms with Gasteiger partial charge in [-0.05, 0) is 16.0 Å². The number of carbonyl (C=O) groups excluding carboxylic acids is 1. The van der Waals surface area contributed by atoms with E-state index in [1.807, 2.05) is 18.2 Å². The molecule has 1 aliphatic heterocycles. The second-order valence-corrected chi connectivity index (χ2v) is 7.10. The number of tetrazole rings is 1. The molecular formula is C20H24N8O2. The first-order valence-electron chi connectivity index (χ1n) is 9.84. The number of nitrogens with zero attached hydrogens (tertiary/aromatic N) is 8. The fourth-order valence-electron chi connectivity index (χ4n) is 3.51. The Morgan fingerprint density at radius 2 is 2.00 bits per heavy atom. The highest BCUT2D eigenvalue weighted by molar-refractivity contribution is 5.75. The Labute approximate surface area is 174 Å². The van der Waals surface area contributed by atoms with Crippen LogP contribution >= 0.6 is 0 Å². The molecule has 1 saturated heterocycles. The minimum atomic E-state index is -0.150. The molecule has 0 aliphatic carbocycles. The van der Waals surface area contributed by atoms with Crippen LogP contribution < -0.4 is 0 Å². The zero-order chi connectivity index (χ0) is 20.8. The Balaban J connectivity index is 1.54. The topological polar surface area (TPSA) is 102 Å². The summed E-state index contributed by atoms with van der Waals surface area (Å²) in [5, 5.41) is 12.3. The Bertz CT molecular complexity index is 944. The third-order valence-electron chi connectivity index (χ3n) is 5.06. The van der Waals surface area contributed by atoms with Gasteiger partial charge in [0.25, 0.3) is 0 Å². The van der Waals surface area contributed by atoms with E-state index in [1.165, 1.54) is 0 Å². The van der Waals surface area contributed by atoms with Gasteiger partial charge >= 0.3 is 0 Å². The molecule has 156 valence electrons. The number of morpholine rings is 1. The molecule has 0 radical (unpaired) electrons. The van der Waals surface area contributed by atoms with Crippen LogP contribution in [-0.4, -0.2) is 79.2 Å². The first kappa shape index (κ1) is 20.0. The van der Waals surface area contributed by atoms with Gasteiger partial charge in [-0.1, -0.05) is 30.3 Å². The molecule has 1 fully saturated rings. The van der Waals surface area contributed by atoms with E-state index in [9.17, 15) is 4.79 Å². The molecule has 10 nitrogen and oxygen atoms in total. The van der Waals surface area contributed by atoms with Gasteiger partial charge in [-0.3, -0.25) is 19.7 Å². The summed E-state index contributed by atoms with van der Waals surface area (Å²) in [7, 11) is 1.73. The van der Waals surface area contributed by atoms with Crippen LogP contribution in [0.3, 0.4) is 0 Å². The SMILES string of the molecule is CN(Cc1cnccn1)C(=O)Cn1nnnc1[C@H](c1ccccc1)N1CCOCC1. The number of rotatable bonds is 7. The van der Waals surface area contributed by atoms with Gasteiger partial charge in [0.15, 0.2) is 5.82 Å². The minimum Gasteiger partial charge on any atom is -0.379 e. The molecule has 0 N–H and O–H groups in total. The lowest BCUT2D eigenvalue weighted by Crippen LogP contribution is -2.41. The number of amides is 1. The average Bonchev–Trinajstić information content (AvgIpc) is 3.23. The van der Waals surface area contributed by atoms with Crippen LogP contribution in [0.4, 0.5) is 0 Å². The summed E-state index contributed by atoms with van der Waals surface area (Å²) < 4.78 is 7.10. The van der Waals surface area contributed by atoms with Crippen molar-refractivity contribution in [1.29, 1.82) is 0 Å². The molecule has 30 heavy (non-hydrogen) atoms. The van der Waals surface area contributed by atoms with Crippen molar-refractivity contribution < 1.29 is 9.53 Å². The number of ether oxygens (including phenoxy) is 1. The zero-order valence-electron chi connectivity index (χ0n) is 16.8. The number of likely N-dealkylation sites (N-methyl/N-ethyl adjacent to an activating group) is 1. The van der Waals surface area contributed by atoms with Crippen molar-refractivity contribution in [2.75, 3.05) is 33.4 Å². The Morgan fingerprint density at radius 1 is 1.20 bits per heavy atom. The third kappa shape index (κ3) is 4.66. The zero-order valence-corrected chi connectivity index (χ0v) is 16.8. The first-order valence-corrected chi connectivity index (χ1v) is 9.84. The van der Waals surface area contributed by atoms with E-state index in [-0.39, 0.29) is 18.5 Å². The van der Waals surface area contributed by atoms with Crippen LogP contribution in [0.2, 0.25) is 0 Å². The summed E-state index contributed by atoms with van der Waals surface area (Å²) in [6.07, 6.45) is 4.87. The van der Waals surface area contributed by atoms with Gasteiger partial charge in [-0.15, -0.1) is 5.10 Å². The average molecular weight is 408 g/mol. The summed E-state index contributed by atoms with van der Waals surface area (Å²) >= 11 is 0. The molecular weight excluding hydrogens is 384 g/mol. The molecule has 0 bridgehead atoms. The normalized spacial score (nSPS) is 15.6. The van der Waals surface area contributed by atoms with Gasteiger partial charge in [0, 0.05) is 32.5 Å². The summed E-state index contributed by atoms with van der Waals surface area (Å²) in [6, 6.07) is 9.94. The van der Waals surface area contributed by atoms with Crippen LogP contribution in [0.25, 0.3) is 0 Å². The number of benzene rings is 1. The molecule has 0 unspecified atom stereocenters. The Kier molecular flexibility index (Phi) is 6.35. The monoisotopic (exact) mass is 408 g/mol. The number of hydrogen-bond acceptors (Lipinski definition) is 8. The lowest BCUT2D eigenvalue weighted by atomic mass is 10.0. The van der Waals surface area contributed by atoms with E-state index in [0.29, 0.717) is 25.6 Å². The maximum absolute atomic E-state index is 12.8.